The molecule has 12 rings (SSSR count). The zero-order chi connectivity index (χ0) is 47.1. The minimum atomic E-state index is -0.125. The third-order valence-electron chi connectivity index (χ3n) is 15.8. The molecule has 3 aliphatic rings. The van der Waals surface area contributed by atoms with Crippen LogP contribution in [0.3, 0.4) is 0 Å². The van der Waals surface area contributed by atoms with E-state index < -0.39 is 0 Å². The Hall–Kier alpha value is -6.78. The second kappa shape index (κ2) is 14.9. The van der Waals surface area contributed by atoms with Gasteiger partial charge in [-0.1, -0.05) is 178 Å². The van der Waals surface area contributed by atoms with Crippen molar-refractivity contribution in [3.05, 3.63) is 186 Å². The normalized spacial score (nSPS) is 15.8. The second-order valence-corrected chi connectivity index (χ2v) is 23.3. The van der Waals surface area contributed by atoms with Crippen molar-refractivity contribution in [3.8, 4) is 22.3 Å². The van der Waals surface area contributed by atoms with E-state index in [4.69, 9.17) is 4.42 Å². The highest BCUT2D eigenvalue weighted by molar-refractivity contribution is 7.00. The summed E-state index contributed by atoms with van der Waals surface area (Å²) in [5.74, 6) is 0. The lowest BCUT2D eigenvalue weighted by atomic mass is 9.33. The van der Waals surface area contributed by atoms with Crippen LogP contribution in [0.1, 0.15) is 104 Å². The van der Waals surface area contributed by atoms with Crippen LogP contribution in [0.2, 0.25) is 0 Å². The Balaban J connectivity index is 1.13. The van der Waals surface area contributed by atoms with Gasteiger partial charge in [-0.05, 0) is 144 Å². The molecule has 1 aromatic heterocycles. The Bertz CT molecular complexity index is 3470. The van der Waals surface area contributed by atoms with Crippen molar-refractivity contribution < 1.29 is 4.42 Å². The van der Waals surface area contributed by atoms with Crippen LogP contribution in [0.5, 0.6) is 0 Å². The highest BCUT2D eigenvalue weighted by Gasteiger charge is 2.47. The van der Waals surface area contributed by atoms with Crippen molar-refractivity contribution >= 4 is 79.2 Å². The maximum atomic E-state index is 6.57. The summed E-state index contributed by atoms with van der Waals surface area (Å²) < 4.78 is 6.57. The average Bonchev–Trinajstić information content (AvgIpc) is 3.71. The number of furan rings is 1. The molecule has 0 saturated carbocycles. The first kappa shape index (κ1) is 42.6. The Morgan fingerprint density at radius 3 is 1.62 bits per heavy atom. The van der Waals surface area contributed by atoms with Gasteiger partial charge in [-0.15, -0.1) is 0 Å². The van der Waals surface area contributed by atoms with Crippen LogP contribution >= 0.6 is 0 Å². The van der Waals surface area contributed by atoms with Gasteiger partial charge in [0.05, 0.1) is 0 Å². The van der Waals surface area contributed by atoms with E-state index in [9.17, 15) is 0 Å². The molecule has 3 heterocycles. The van der Waals surface area contributed by atoms with E-state index >= 15 is 0 Å². The molecule has 0 bridgehead atoms. The average molecular weight is 885 g/mol. The second-order valence-electron chi connectivity index (χ2n) is 23.3. The fourth-order valence-electron chi connectivity index (χ4n) is 11.7. The fraction of sp³-hybridized carbons (Fsp3) is 0.250. The maximum Gasteiger partial charge on any atom is 0.252 e. The summed E-state index contributed by atoms with van der Waals surface area (Å²) in [7, 11) is 0. The summed E-state index contributed by atoms with van der Waals surface area (Å²) in [4.78, 5) is 5.21. The number of fused-ring (bicyclic) bond motifs is 8. The summed E-state index contributed by atoms with van der Waals surface area (Å²) in [6, 6.07) is 61.9. The van der Waals surface area contributed by atoms with Gasteiger partial charge < -0.3 is 14.2 Å². The third-order valence-corrected chi connectivity index (χ3v) is 15.8. The van der Waals surface area contributed by atoms with E-state index in [0.29, 0.717) is 0 Å². The van der Waals surface area contributed by atoms with Crippen molar-refractivity contribution in [3.63, 3.8) is 0 Å². The van der Waals surface area contributed by atoms with E-state index in [0.717, 1.165) is 51.6 Å². The fourth-order valence-corrected chi connectivity index (χ4v) is 11.7. The number of rotatable bonds is 4. The molecule has 4 heteroatoms. The predicted octanol–water partition coefficient (Wildman–Crippen LogP) is 15.9. The zero-order valence-corrected chi connectivity index (χ0v) is 41.4. The molecule has 0 atom stereocenters. The van der Waals surface area contributed by atoms with Gasteiger partial charge in [0.2, 0.25) is 0 Å². The largest absolute Gasteiger partial charge is 0.455 e. The Kier molecular flexibility index (Phi) is 9.30. The molecule has 0 fully saturated rings. The van der Waals surface area contributed by atoms with Crippen LogP contribution in [0.15, 0.2) is 168 Å². The number of anilines is 6. The number of hydrogen-bond acceptors (Lipinski definition) is 3. The van der Waals surface area contributed by atoms with Crippen LogP contribution in [0, 0.1) is 0 Å². The number of nitrogens with zero attached hydrogens (tertiary/aromatic N) is 2. The standard InChI is InChI=1S/C64H61BN2O/c1-61(2,3)43-27-32-52-54(35-43)66(45-28-23-41(24-29-45)40-17-12-11-13-18-40)56-36-44(62(4,5)6)37-57-59(56)65(52)53-38-50-51(64(9,10)34-33-63(50,7)8)39-55(53)67(57)46-30-25-42(26-31-46)47-20-16-21-49-48-19-14-15-22-58(48)68-60(47)49/h11-32,35-39H,33-34H2,1-10H3. The summed E-state index contributed by atoms with van der Waals surface area (Å²) in [6.07, 6.45) is 2.32. The van der Waals surface area contributed by atoms with Crippen molar-refractivity contribution in [2.75, 3.05) is 9.80 Å². The first-order valence-corrected chi connectivity index (χ1v) is 24.7. The van der Waals surface area contributed by atoms with E-state index in [1.807, 2.05) is 0 Å². The molecular formula is C64H61BN2O. The minimum Gasteiger partial charge on any atom is -0.455 e. The predicted molar refractivity (Wildman–Crippen MR) is 291 cm³/mol. The summed E-state index contributed by atoms with van der Waals surface area (Å²) >= 11 is 0. The summed E-state index contributed by atoms with van der Waals surface area (Å²) in [5.41, 5.74) is 23.5. The van der Waals surface area contributed by atoms with Crippen LogP contribution < -0.4 is 26.2 Å². The van der Waals surface area contributed by atoms with Crippen LogP contribution in [-0.2, 0) is 21.7 Å². The topological polar surface area (TPSA) is 19.6 Å². The quantitative estimate of drug-likeness (QED) is 0.164. The van der Waals surface area contributed by atoms with Gasteiger partial charge in [0.15, 0.2) is 0 Å². The molecule has 3 nitrogen and oxygen atoms in total. The first-order valence-electron chi connectivity index (χ1n) is 24.7. The monoisotopic (exact) mass is 884 g/mol. The molecule has 0 spiro atoms. The molecule has 0 radical (unpaired) electrons. The van der Waals surface area contributed by atoms with Crippen LogP contribution in [-0.4, -0.2) is 6.71 Å². The molecular weight excluding hydrogens is 824 g/mol. The van der Waals surface area contributed by atoms with E-state index in [-0.39, 0.29) is 28.4 Å². The van der Waals surface area contributed by atoms with Crippen molar-refractivity contribution in [1.29, 1.82) is 0 Å². The Morgan fingerprint density at radius 2 is 0.985 bits per heavy atom. The molecule has 9 aromatic rings. The van der Waals surface area contributed by atoms with Gasteiger partial charge in [-0.25, -0.2) is 0 Å². The highest BCUT2D eigenvalue weighted by atomic mass is 16.3. The van der Waals surface area contributed by atoms with E-state index in [1.54, 1.807) is 0 Å². The summed E-state index contributed by atoms with van der Waals surface area (Å²) in [5, 5.41) is 2.30. The molecule has 68 heavy (non-hydrogen) atoms. The summed E-state index contributed by atoms with van der Waals surface area (Å²) in [6.45, 7) is 24.0. The molecule has 2 aliphatic heterocycles. The van der Waals surface area contributed by atoms with E-state index in [2.05, 4.69) is 243 Å². The van der Waals surface area contributed by atoms with Gasteiger partial charge in [-0.2, -0.15) is 0 Å². The minimum absolute atomic E-state index is 0.0280. The van der Waals surface area contributed by atoms with Crippen molar-refractivity contribution in [2.45, 2.75) is 104 Å². The van der Waals surface area contributed by atoms with Crippen molar-refractivity contribution in [2.24, 2.45) is 0 Å². The molecule has 0 N–H and O–H groups in total. The smallest absolute Gasteiger partial charge is 0.252 e. The zero-order valence-electron chi connectivity index (χ0n) is 41.4. The van der Waals surface area contributed by atoms with Gasteiger partial charge in [0.1, 0.15) is 11.2 Å². The van der Waals surface area contributed by atoms with Crippen LogP contribution in [0.4, 0.5) is 34.1 Å². The maximum absolute atomic E-state index is 6.57. The van der Waals surface area contributed by atoms with Gasteiger partial charge in [0.25, 0.3) is 6.71 Å². The Labute approximate surface area is 403 Å². The number of hydrogen-bond donors (Lipinski definition) is 0. The molecule has 8 aromatic carbocycles. The van der Waals surface area contributed by atoms with Gasteiger partial charge in [-0.3, -0.25) is 0 Å². The molecule has 1 aliphatic carbocycles. The lowest BCUT2D eigenvalue weighted by Gasteiger charge is -2.48. The molecule has 0 unspecified atom stereocenters. The van der Waals surface area contributed by atoms with Gasteiger partial charge in [0, 0.05) is 50.5 Å². The number of benzene rings is 8. The SMILES string of the molecule is CC(C)(C)c1ccc2c(c1)N(c1ccc(-c3ccccc3)cc1)c1cc(C(C)(C)C)cc3c1B2c1cc2c(cc1N3c1ccc(-c3cccc4c3oc3ccccc34)cc1)C(C)(C)CCC2(C)C. The molecule has 0 saturated heterocycles. The van der Waals surface area contributed by atoms with Crippen molar-refractivity contribution in [1.82, 2.24) is 0 Å². The first-order chi connectivity index (χ1) is 32.5. The molecule has 336 valence electrons. The third kappa shape index (κ3) is 6.61. The van der Waals surface area contributed by atoms with Gasteiger partial charge >= 0.3 is 0 Å². The number of para-hydroxylation sites is 2. The van der Waals surface area contributed by atoms with Crippen LogP contribution in [0.25, 0.3) is 44.2 Å². The Morgan fingerprint density at radius 1 is 0.456 bits per heavy atom. The molecule has 0 amide bonds. The lowest BCUT2D eigenvalue weighted by Crippen LogP contribution is -2.62. The highest BCUT2D eigenvalue weighted by Crippen LogP contribution is 2.51. The lowest BCUT2D eigenvalue weighted by molar-refractivity contribution is 0.332. The van der Waals surface area contributed by atoms with E-state index in [1.165, 1.54) is 78.2 Å².